The van der Waals surface area contributed by atoms with Gasteiger partial charge in [-0.1, -0.05) is 170 Å². The molecule has 0 saturated heterocycles. The van der Waals surface area contributed by atoms with E-state index in [1.54, 1.807) is 0 Å². The van der Waals surface area contributed by atoms with Gasteiger partial charge in [-0.25, -0.2) is 0 Å². The predicted molar refractivity (Wildman–Crippen MR) is 229 cm³/mol. The smallest absolute Gasteiger partial charge is 0.136 e. The zero-order valence-electron chi connectivity index (χ0n) is 30.4. The van der Waals surface area contributed by atoms with Crippen molar-refractivity contribution in [2.45, 2.75) is 23.8 Å². The summed E-state index contributed by atoms with van der Waals surface area (Å²) in [5, 5.41) is 4.73. The Kier molecular flexibility index (Phi) is 7.38. The lowest BCUT2D eigenvalue weighted by atomic mass is 9.62. The first-order valence-corrected chi connectivity index (χ1v) is 19.5. The van der Waals surface area contributed by atoms with Crippen LogP contribution in [0, 0.1) is 5.92 Å². The van der Waals surface area contributed by atoms with E-state index in [2.05, 4.69) is 211 Å². The van der Waals surface area contributed by atoms with E-state index in [1.807, 2.05) is 0 Å². The van der Waals surface area contributed by atoms with E-state index in [0.29, 0.717) is 11.8 Å². The van der Waals surface area contributed by atoms with Gasteiger partial charge >= 0.3 is 0 Å². The molecular formula is C53H39NO. The van der Waals surface area contributed by atoms with Crippen LogP contribution in [0.2, 0.25) is 0 Å². The molecule has 0 saturated carbocycles. The lowest BCUT2D eigenvalue weighted by Crippen LogP contribution is -2.37. The first-order chi connectivity index (χ1) is 27.3. The van der Waals surface area contributed by atoms with Crippen LogP contribution in [-0.2, 0) is 5.41 Å². The lowest BCUT2D eigenvalue weighted by molar-refractivity contribution is 0.452. The van der Waals surface area contributed by atoms with E-state index in [-0.39, 0.29) is 11.5 Å². The van der Waals surface area contributed by atoms with Crippen LogP contribution < -0.4 is 4.90 Å². The largest absolute Gasteiger partial charge is 0.456 e. The third-order valence-electron chi connectivity index (χ3n) is 12.3. The Balaban J connectivity index is 1.04. The highest BCUT2D eigenvalue weighted by Gasteiger charge is 2.53. The lowest BCUT2D eigenvalue weighted by Gasteiger charge is -2.41. The van der Waals surface area contributed by atoms with E-state index in [1.165, 1.54) is 49.9 Å². The molecule has 0 radical (unpaired) electrons. The van der Waals surface area contributed by atoms with Crippen molar-refractivity contribution in [2.75, 3.05) is 4.90 Å². The number of para-hydroxylation sites is 1. The Morgan fingerprint density at radius 3 is 2.07 bits per heavy atom. The molecule has 3 aliphatic rings. The molecule has 2 nitrogen and oxygen atoms in total. The number of fused-ring (bicyclic) bond motifs is 8. The molecule has 11 rings (SSSR count). The molecule has 0 spiro atoms. The van der Waals surface area contributed by atoms with Crippen molar-refractivity contribution in [3.05, 3.63) is 229 Å². The minimum Gasteiger partial charge on any atom is -0.456 e. The van der Waals surface area contributed by atoms with E-state index in [4.69, 9.17) is 4.42 Å². The SMILES string of the molecule is C1=CC2c3ccccc3C(C3=CCC(N(c4ccccc4)c4ccc5oc6cc(-c7ccccc7)c7ccccc7c6c5c4)C=C3)(c3ccccc3)C2C=C1. The van der Waals surface area contributed by atoms with Crippen molar-refractivity contribution in [3.63, 3.8) is 0 Å². The maximum absolute atomic E-state index is 6.65. The van der Waals surface area contributed by atoms with Crippen LogP contribution in [0.1, 0.15) is 29.0 Å². The average molecular weight is 706 g/mol. The van der Waals surface area contributed by atoms with Gasteiger partial charge in [-0.05, 0) is 87.0 Å². The van der Waals surface area contributed by atoms with E-state index in [0.717, 1.165) is 34.0 Å². The van der Waals surface area contributed by atoms with E-state index < -0.39 is 0 Å². The highest BCUT2D eigenvalue weighted by molar-refractivity contribution is 6.22. The summed E-state index contributed by atoms with van der Waals surface area (Å²) in [5.74, 6) is 0.634. The second-order valence-corrected chi connectivity index (χ2v) is 15.1. The monoisotopic (exact) mass is 705 g/mol. The van der Waals surface area contributed by atoms with Crippen LogP contribution in [0.5, 0.6) is 0 Å². The van der Waals surface area contributed by atoms with Crippen LogP contribution in [0.3, 0.4) is 0 Å². The topological polar surface area (TPSA) is 16.4 Å². The molecule has 262 valence electrons. The summed E-state index contributed by atoms with van der Waals surface area (Å²) in [6.07, 6.45) is 17.6. The molecule has 2 heteroatoms. The van der Waals surface area contributed by atoms with Crippen molar-refractivity contribution in [3.8, 4) is 11.1 Å². The molecule has 0 fully saturated rings. The molecule has 1 aromatic heterocycles. The zero-order chi connectivity index (χ0) is 36.3. The number of hydrogen-bond donors (Lipinski definition) is 0. The molecular weight excluding hydrogens is 667 g/mol. The van der Waals surface area contributed by atoms with Gasteiger partial charge in [0.2, 0.25) is 0 Å². The fraction of sp³-hybridized carbons (Fsp3) is 0.0943. The van der Waals surface area contributed by atoms with Gasteiger partial charge in [-0.15, -0.1) is 0 Å². The normalized spacial score (nSPS) is 21.2. The van der Waals surface area contributed by atoms with Gasteiger partial charge in [-0.3, -0.25) is 0 Å². The molecule has 0 N–H and O–H groups in total. The Hall–Kier alpha value is -6.64. The molecule has 8 aromatic rings. The minimum atomic E-state index is -0.281. The zero-order valence-corrected chi connectivity index (χ0v) is 30.4. The predicted octanol–water partition coefficient (Wildman–Crippen LogP) is 13.6. The van der Waals surface area contributed by atoms with Gasteiger partial charge in [-0.2, -0.15) is 0 Å². The summed E-state index contributed by atoms with van der Waals surface area (Å²) in [5.41, 5.74) is 11.8. The quantitative estimate of drug-likeness (QED) is 0.171. The molecule has 0 amide bonds. The van der Waals surface area contributed by atoms with Gasteiger partial charge in [0.25, 0.3) is 0 Å². The van der Waals surface area contributed by atoms with Gasteiger partial charge in [0.1, 0.15) is 11.2 Å². The van der Waals surface area contributed by atoms with Crippen LogP contribution in [0.15, 0.2) is 216 Å². The summed E-state index contributed by atoms with van der Waals surface area (Å²) in [6.45, 7) is 0. The van der Waals surface area contributed by atoms with Gasteiger partial charge < -0.3 is 9.32 Å². The number of benzene rings is 7. The van der Waals surface area contributed by atoms with Crippen molar-refractivity contribution in [2.24, 2.45) is 5.92 Å². The molecule has 0 bridgehead atoms. The molecule has 4 unspecified atom stereocenters. The highest BCUT2D eigenvalue weighted by Crippen LogP contribution is 2.60. The summed E-state index contributed by atoms with van der Waals surface area (Å²) in [7, 11) is 0. The number of allylic oxidation sites excluding steroid dienone is 6. The number of anilines is 2. The van der Waals surface area contributed by atoms with Crippen LogP contribution in [0.25, 0.3) is 43.8 Å². The molecule has 4 atom stereocenters. The Morgan fingerprint density at radius 2 is 1.27 bits per heavy atom. The van der Waals surface area contributed by atoms with Crippen LogP contribution in [0.4, 0.5) is 11.4 Å². The number of nitrogens with zero attached hydrogens (tertiary/aromatic N) is 1. The number of rotatable bonds is 6. The van der Waals surface area contributed by atoms with Crippen LogP contribution in [-0.4, -0.2) is 6.04 Å². The van der Waals surface area contributed by atoms with Gasteiger partial charge in [0, 0.05) is 34.0 Å². The standard InChI is InChI=1S/C53H39NO/c1-4-16-36(17-5-1)46-35-51-52(45-25-11-10-22-42(45)46)47-34-41(32-33-50(47)55-51)54(39-20-8-3-9-21-39)40-30-28-38(29-31-40)53(37-18-6-2-7-19-37)48-26-14-12-23-43(48)44-24-13-15-27-49(44)53/h1-30,32-35,40,43,48H,31H2. The highest BCUT2D eigenvalue weighted by atomic mass is 16.3. The molecule has 1 heterocycles. The second kappa shape index (κ2) is 12.7. The summed E-state index contributed by atoms with van der Waals surface area (Å²) in [6, 6.07) is 59.6. The second-order valence-electron chi connectivity index (χ2n) is 15.1. The Morgan fingerprint density at radius 1 is 0.564 bits per heavy atom. The summed E-state index contributed by atoms with van der Waals surface area (Å²) >= 11 is 0. The number of furan rings is 1. The van der Waals surface area contributed by atoms with Crippen LogP contribution >= 0.6 is 0 Å². The third-order valence-corrected chi connectivity index (χ3v) is 12.3. The average Bonchev–Trinajstić information content (AvgIpc) is 3.78. The Labute approximate surface area is 321 Å². The third kappa shape index (κ3) is 4.88. The summed E-state index contributed by atoms with van der Waals surface area (Å²) in [4.78, 5) is 2.51. The van der Waals surface area contributed by atoms with Gasteiger partial charge in [0.15, 0.2) is 0 Å². The van der Waals surface area contributed by atoms with E-state index >= 15 is 0 Å². The van der Waals surface area contributed by atoms with Crippen molar-refractivity contribution < 1.29 is 4.42 Å². The number of hydrogen-bond acceptors (Lipinski definition) is 2. The maximum Gasteiger partial charge on any atom is 0.136 e. The summed E-state index contributed by atoms with van der Waals surface area (Å²) < 4.78 is 6.65. The first-order valence-electron chi connectivity index (χ1n) is 19.5. The van der Waals surface area contributed by atoms with Crippen molar-refractivity contribution in [1.29, 1.82) is 0 Å². The fourth-order valence-electron chi connectivity index (χ4n) is 10.1. The van der Waals surface area contributed by atoms with Crippen molar-refractivity contribution in [1.82, 2.24) is 0 Å². The molecule has 7 aromatic carbocycles. The molecule has 3 aliphatic carbocycles. The van der Waals surface area contributed by atoms with Crippen molar-refractivity contribution >= 4 is 44.1 Å². The van der Waals surface area contributed by atoms with E-state index in [9.17, 15) is 0 Å². The Bertz CT molecular complexity index is 2860. The minimum absolute atomic E-state index is 0.116. The first kappa shape index (κ1) is 31.8. The maximum atomic E-state index is 6.65. The molecule has 0 aliphatic heterocycles. The fourth-order valence-corrected chi connectivity index (χ4v) is 10.1. The molecule has 55 heavy (non-hydrogen) atoms. The van der Waals surface area contributed by atoms with Gasteiger partial charge in [0.05, 0.1) is 11.5 Å².